The minimum atomic E-state index is 0.290. The Morgan fingerprint density at radius 1 is 1.50 bits per heavy atom. The van der Waals surface area contributed by atoms with Crippen molar-refractivity contribution in [1.29, 1.82) is 0 Å². The normalized spacial score (nSPS) is 23.7. The first-order valence-corrected chi connectivity index (χ1v) is 8.67. The van der Waals surface area contributed by atoms with E-state index in [9.17, 15) is 0 Å². The van der Waals surface area contributed by atoms with Gasteiger partial charge < -0.3 is 9.84 Å². The minimum absolute atomic E-state index is 0.290. The lowest BCUT2D eigenvalue weighted by molar-refractivity contribution is 0.255. The van der Waals surface area contributed by atoms with Crippen molar-refractivity contribution in [1.82, 2.24) is 20.4 Å². The summed E-state index contributed by atoms with van der Waals surface area (Å²) in [5, 5.41) is 7.68. The molecule has 3 atom stereocenters. The molecule has 1 N–H and O–H groups in total. The van der Waals surface area contributed by atoms with E-state index >= 15 is 0 Å². The van der Waals surface area contributed by atoms with Crippen LogP contribution in [0.25, 0.3) is 0 Å². The Hall–Kier alpha value is -0.590. The van der Waals surface area contributed by atoms with Crippen molar-refractivity contribution in [3.05, 3.63) is 11.7 Å². The second kappa shape index (κ2) is 7.43. The van der Waals surface area contributed by atoms with Gasteiger partial charge >= 0.3 is 0 Å². The topological polar surface area (TPSA) is 54.2 Å². The lowest BCUT2D eigenvalue weighted by Gasteiger charge is -2.29. The van der Waals surface area contributed by atoms with Crippen molar-refractivity contribution in [3.8, 4) is 0 Å². The Bertz CT molecular complexity index is 412. The number of hydrogen-bond donors (Lipinski definition) is 1. The summed E-state index contributed by atoms with van der Waals surface area (Å²) in [5.41, 5.74) is 0. The molecule has 0 radical (unpaired) electrons. The van der Waals surface area contributed by atoms with Gasteiger partial charge in [-0.2, -0.15) is 16.7 Å². The van der Waals surface area contributed by atoms with Gasteiger partial charge in [0, 0.05) is 24.1 Å². The smallest absolute Gasteiger partial charge is 0.231 e. The van der Waals surface area contributed by atoms with Gasteiger partial charge in [0.15, 0.2) is 5.82 Å². The number of hydrogen-bond acceptors (Lipinski definition) is 6. The molecule has 6 heteroatoms. The van der Waals surface area contributed by atoms with Crippen LogP contribution >= 0.6 is 11.8 Å². The summed E-state index contributed by atoms with van der Waals surface area (Å²) in [4.78, 5) is 7.01. The van der Waals surface area contributed by atoms with Gasteiger partial charge in [-0.25, -0.2) is 0 Å². The van der Waals surface area contributed by atoms with Crippen LogP contribution < -0.4 is 5.32 Å². The number of thioether (sulfide) groups is 1. The van der Waals surface area contributed by atoms with Gasteiger partial charge in [-0.1, -0.05) is 19.0 Å². The maximum atomic E-state index is 5.55. The van der Waals surface area contributed by atoms with E-state index in [0.717, 1.165) is 37.0 Å². The molecule has 2 heterocycles. The van der Waals surface area contributed by atoms with Crippen LogP contribution in [0.4, 0.5) is 0 Å². The third-order valence-corrected chi connectivity index (χ3v) is 5.06. The maximum absolute atomic E-state index is 5.55. The molecule has 114 valence electrons. The molecular weight excluding hydrogens is 272 g/mol. The quantitative estimate of drug-likeness (QED) is 0.869. The first kappa shape index (κ1) is 15.8. The molecule has 1 fully saturated rings. The average molecular weight is 298 g/mol. The molecular formula is C14H26N4OS. The van der Waals surface area contributed by atoms with E-state index in [1.807, 2.05) is 11.8 Å². The molecule has 0 aliphatic carbocycles. The summed E-state index contributed by atoms with van der Waals surface area (Å²) in [5.74, 6) is 4.15. The van der Waals surface area contributed by atoms with Gasteiger partial charge in [-0.05, 0) is 26.9 Å². The fourth-order valence-corrected chi connectivity index (χ4v) is 3.91. The van der Waals surface area contributed by atoms with E-state index in [0.29, 0.717) is 6.04 Å². The average Bonchev–Trinajstić information content (AvgIpc) is 2.90. The number of aromatic nitrogens is 2. The molecule has 2 rings (SSSR count). The van der Waals surface area contributed by atoms with E-state index < -0.39 is 0 Å². The van der Waals surface area contributed by atoms with E-state index in [1.165, 1.54) is 5.75 Å². The van der Waals surface area contributed by atoms with Crippen LogP contribution in [0.1, 0.15) is 50.9 Å². The molecule has 1 saturated heterocycles. The molecule has 1 aromatic rings. The molecule has 0 amide bonds. The summed E-state index contributed by atoms with van der Waals surface area (Å²) < 4.78 is 5.55. The third kappa shape index (κ3) is 3.54. The zero-order valence-corrected chi connectivity index (χ0v) is 13.7. The SMILES string of the molecule is CCNC(C)C(CC)c1nc(C2CSCCN2C)no1. The number of nitrogens with zero attached hydrogens (tertiary/aromatic N) is 3. The highest BCUT2D eigenvalue weighted by Crippen LogP contribution is 2.28. The highest BCUT2D eigenvalue weighted by molar-refractivity contribution is 7.99. The highest BCUT2D eigenvalue weighted by Gasteiger charge is 2.28. The summed E-state index contributed by atoms with van der Waals surface area (Å²) >= 11 is 1.96. The molecule has 0 saturated carbocycles. The zero-order chi connectivity index (χ0) is 14.5. The van der Waals surface area contributed by atoms with E-state index in [4.69, 9.17) is 4.52 Å². The van der Waals surface area contributed by atoms with Gasteiger partial charge in [0.25, 0.3) is 0 Å². The summed E-state index contributed by atoms with van der Waals surface area (Å²) in [7, 11) is 2.14. The number of likely N-dealkylation sites (N-methyl/N-ethyl adjacent to an activating group) is 1. The number of nitrogens with one attached hydrogen (secondary N) is 1. The Balaban J connectivity index is 2.10. The summed E-state index contributed by atoms with van der Waals surface area (Å²) in [6, 6.07) is 0.648. The third-order valence-electron chi connectivity index (χ3n) is 4.04. The largest absolute Gasteiger partial charge is 0.339 e. The Morgan fingerprint density at radius 2 is 2.30 bits per heavy atom. The van der Waals surface area contributed by atoms with Crippen molar-refractivity contribution in [2.75, 3.05) is 31.6 Å². The predicted octanol–water partition coefficient (Wildman–Crippen LogP) is 2.28. The van der Waals surface area contributed by atoms with Gasteiger partial charge in [-0.3, -0.25) is 4.90 Å². The lowest BCUT2D eigenvalue weighted by atomic mass is 9.98. The van der Waals surface area contributed by atoms with Crippen LogP contribution in [-0.2, 0) is 0 Å². The second-order valence-electron chi connectivity index (χ2n) is 5.42. The Morgan fingerprint density at radius 3 is 2.95 bits per heavy atom. The summed E-state index contributed by atoms with van der Waals surface area (Å²) in [6.07, 6.45) is 1.01. The van der Waals surface area contributed by atoms with Crippen molar-refractivity contribution in [2.45, 2.75) is 45.2 Å². The van der Waals surface area contributed by atoms with Crippen LogP contribution in [-0.4, -0.2) is 52.7 Å². The summed E-state index contributed by atoms with van der Waals surface area (Å²) in [6.45, 7) is 8.52. The van der Waals surface area contributed by atoms with E-state index in [1.54, 1.807) is 0 Å². The van der Waals surface area contributed by atoms with Crippen LogP contribution in [0.3, 0.4) is 0 Å². The van der Waals surface area contributed by atoms with E-state index in [-0.39, 0.29) is 12.0 Å². The predicted molar refractivity (Wildman–Crippen MR) is 83.2 cm³/mol. The molecule has 0 bridgehead atoms. The first-order chi connectivity index (χ1) is 9.67. The van der Waals surface area contributed by atoms with Crippen LogP contribution in [0.2, 0.25) is 0 Å². The maximum Gasteiger partial charge on any atom is 0.231 e. The van der Waals surface area contributed by atoms with Gasteiger partial charge in [0.2, 0.25) is 5.89 Å². The molecule has 1 aromatic heterocycles. The van der Waals surface area contributed by atoms with Gasteiger partial charge in [-0.15, -0.1) is 0 Å². The molecule has 0 spiro atoms. The van der Waals surface area contributed by atoms with E-state index in [2.05, 4.69) is 48.2 Å². The molecule has 3 unspecified atom stereocenters. The minimum Gasteiger partial charge on any atom is -0.339 e. The van der Waals surface area contributed by atoms with Gasteiger partial charge in [0.1, 0.15) is 0 Å². The van der Waals surface area contributed by atoms with Crippen molar-refractivity contribution < 1.29 is 4.52 Å². The van der Waals surface area contributed by atoms with Crippen molar-refractivity contribution in [3.63, 3.8) is 0 Å². The fourth-order valence-electron chi connectivity index (χ4n) is 2.70. The zero-order valence-electron chi connectivity index (χ0n) is 12.9. The second-order valence-corrected chi connectivity index (χ2v) is 6.57. The first-order valence-electron chi connectivity index (χ1n) is 7.52. The molecule has 5 nitrogen and oxygen atoms in total. The van der Waals surface area contributed by atoms with Crippen LogP contribution in [0, 0.1) is 0 Å². The lowest BCUT2D eigenvalue weighted by Crippen LogP contribution is -2.33. The molecule has 1 aliphatic heterocycles. The van der Waals surface area contributed by atoms with Crippen molar-refractivity contribution in [2.24, 2.45) is 0 Å². The number of rotatable bonds is 6. The van der Waals surface area contributed by atoms with Crippen LogP contribution in [0.15, 0.2) is 4.52 Å². The van der Waals surface area contributed by atoms with Crippen LogP contribution in [0.5, 0.6) is 0 Å². The Labute approximate surface area is 125 Å². The van der Waals surface area contributed by atoms with Crippen molar-refractivity contribution >= 4 is 11.8 Å². The molecule has 20 heavy (non-hydrogen) atoms. The molecule has 1 aliphatic rings. The standard InChI is InChI=1S/C14H26N4OS/c1-5-11(10(3)15-6-2)14-16-13(17-19-14)12-9-20-8-7-18(12)4/h10-12,15H,5-9H2,1-4H3. The Kier molecular flexibility index (Phi) is 5.86. The highest BCUT2D eigenvalue weighted by atomic mass is 32.2. The molecule has 0 aromatic carbocycles. The monoisotopic (exact) mass is 298 g/mol. The van der Waals surface area contributed by atoms with Gasteiger partial charge in [0.05, 0.1) is 12.0 Å². The fraction of sp³-hybridized carbons (Fsp3) is 0.857.